The molecule has 2 aliphatic carbocycles. The molecule has 5 heteroatoms. The largest absolute Gasteiger partial charge is 0.354 e. The summed E-state index contributed by atoms with van der Waals surface area (Å²) in [6.45, 7) is 3.42. The molecule has 2 N–H and O–H groups in total. The number of carbonyl (C=O) groups is 2. The molecule has 2 saturated carbocycles. The van der Waals surface area contributed by atoms with E-state index in [9.17, 15) is 9.59 Å². The minimum absolute atomic E-state index is 0.0399. The van der Waals surface area contributed by atoms with Crippen LogP contribution < -0.4 is 10.6 Å². The summed E-state index contributed by atoms with van der Waals surface area (Å²) < 4.78 is 0. The monoisotopic (exact) mass is 313 g/mol. The molecule has 0 radical (unpaired) electrons. The van der Waals surface area contributed by atoms with Crippen molar-refractivity contribution in [2.75, 3.05) is 18.4 Å². The molecule has 0 spiro atoms. The lowest BCUT2D eigenvalue weighted by Gasteiger charge is -2.40. The third-order valence-electron chi connectivity index (χ3n) is 5.51. The van der Waals surface area contributed by atoms with Crippen molar-refractivity contribution < 1.29 is 9.59 Å². The molecule has 23 heavy (non-hydrogen) atoms. The van der Waals surface area contributed by atoms with E-state index >= 15 is 0 Å². The Morgan fingerprint density at radius 2 is 2.00 bits per heavy atom. The van der Waals surface area contributed by atoms with Gasteiger partial charge in [0.2, 0.25) is 5.91 Å². The van der Waals surface area contributed by atoms with Gasteiger partial charge in [-0.05, 0) is 56.1 Å². The van der Waals surface area contributed by atoms with Crippen LogP contribution in [0.4, 0.5) is 10.5 Å². The van der Waals surface area contributed by atoms with E-state index in [1.54, 1.807) is 4.90 Å². The van der Waals surface area contributed by atoms with E-state index in [0.717, 1.165) is 30.6 Å². The molecule has 5 nitrogen and oxygen atoms in total. The van der Waals surface area contributed by atoms with Crippen molar-refractivity contribution in [2.24, 2.45) is 11.8 Å². The van der Waals surface area contributed by atoms with Crippen LogP contribution in [0.2, 0.25) is 0 Å². The molecular formula is C18H23N3O2. The normalized spacial score (nSPS) is 28.2. The predicted molar refractivity (Wildman–Crippen MR) is 88.1 cm³/mol. The molecule has 122 valence electrons. The first-order valence-corrected chi connectivity index (χ1v) is 8.51. The molecule has 0 unspecified atom stereocenters. The van der Waals surface area contributed by atoms with E-state index < -0.39 is 5.54 Å². The summed E-state index contributed by atoms with van der Waals surface area (Å²) in [5.74, 6) is 1.17. The fraction of sp³-hybridized carbons (Fsp3) is 0.556. The van der Waals surface area contributed by atoms with Crippen LogP contribution in [-0.4, -0.2) is 35.5 Å². The minimum atomic E-state index is -0.605. The SMILES string of the molecule is Cc1ccccc1NC(=O)N1CC2CC1(C(=O)NCC1CC1)C2. The fourth-order valence-corrected chi connectivity index (χ4v) is 3.88. The number of hydrogen-bond donors (Lipinski definition) is 2. The van der Waals surface area contributed by atoms with Crippen molar-refractivity contribution in [3.8, 4) is 0 Å². The predicted octanol–water partition coefficient (Wildman–Crippen LogP) is 2.52. The van der Waals surface area contributed by atoms with Gasteiger partial charge in [-0.2, -0.15) is 0 Å². The highest BCUT2D eigenvalue weighted by Crippen LogP contribution is 2.51. The molecule has 2 heterocycles. The van der Waals surface area contributed by atoms with Crippen LogP contribution in [0.15, 0.2) is 24.3 Å². The van der Waals surface area contributed by atoms with Crippen molar-refractivity contribution in [2.45, 2.75) is 38.1 Å². The maximum absolute atomic E-state index is 12.7. The molecule has 4 fully saturated rings. The zero-order valence-electron chi connectivity index (χ0n) is 13.5. The topological polar surface area (TPSA) is 61.4 Å². The Balaban J connectivity index is 1.45. The quantitative estimate of drug-likeness (QED) is 0.897. The third-order valence-corrected chi connectivity index (χ3v) is 5.51. The number of aryl methyl sites for hydroxylation is 1. The molecular weight excluding hydrogens is 290 g/mol. The number of benzene rings is 1. The number of amides is 3. The first-order valence-electron chi connectivity index (χ1n) is 8.51. The summed E-state index contributed by atoms with van der Waals surface area (Å²) in [5.41, 5.74) is 1.24. The molecule has 0 atom stereocenters. The highest BCUT2D eigenvalue weighted by molar-refractivity contribution is 5.98. The number of nitrogens with one attached hydrogen (secondary N) is 2. The van der Waals surface area contributed by atoms with E-state index in [4.69, 9.17) is 0 Å². The summed E-state index contributed by atoms with van der Waals surface area (Å²) in [7, 11) is 0. The van der Waals surface area contributed by atoms with Gasteiger partial charge in [-0.3, -0.25) is 4.79 Å². The Kier molecular flexibility index (Phi) is 3.32. The van der Waals surface area contributed by atoms with Gasteiger partial charge in [-0.1, -0.05) is 18.2 Å². The lowest BCUT2D eigenvalue weighted by Crippen LogP contribution is -2.59. The molecule has 2 bridgehead atoms. The molecule has 0 aromatic heterocycles. The van der Waals surface area contributed by atoms with Crippen LogP contribution in [0.3, 0.4) is 0 Å². The van der Waals surface area contributed by atoms with Crippen molar-refractivity contribution in [3.05, 3.63) is 29.8 Å². The van der Waals surface area contributed by atoms with E-state index in [1.165, 1.54) is 12.8 Å². The first-order chi connectivity index (χ1) is 11.1. The van der Waals surface area contributed by atoms with Crippen molar-refractivity contribution in [1.29, 1.82) is 0 Å². The lowest BCUT2D eigenvalue weighted by molar-refractivity contribution is -0.133. The highest BCUT2D eigenvalue weighted by Gasteiger charge is 2.62. The van der Waals surface area contributed by atoms with Crippen LogP contribution in [0.1, 0.15) is 31.2 Å². The van der Waals surface area contributed by atoms with Gasteiger partial charge < -0.3 is 15.5 Å². The van der Waals surface area contributed by atoms with Crippen LogP contribution in [-0.2, 0) is 4.79 Å². The van der Waals surface area contributed by atoms with Crippen molar-refractivity contribution >= 4 is 17.6 Å². The average molecular weight is 313 g/mol. The highest BCUT2D eigenvalue weighted by atomic mass is 16.2. The lowest BCUT2D eigenvalue weighted by atomic mass is 9.72. The van der Waals surface area contributed by atoms with E-state index in [0.29, 0.717) is 18.4 Å². The van der Waals surface area contributed by atoms with Crippen LogP contribution in [0, 0.1) is 18.8 Å². The van der Waals surface area contributed by atoms with Gasteiger partial charge in [0.15, 0.2) is 0 Å². The standard InChI is InChI=1S/C18H23N3O2/c1-12-4-2-3-5-15(12)20-17(23)21-11-14-8-18(21,9-14)16(22)19-10-13-6-7-13/h2-5,13-14H,6-11H2,1H3,(H,19,22)(H,20,23). The Labute approximate surface area is 136 Å². The van der Waals surface area contributed by atoms with Gasteiger partial charge in [0.05, 0.1) is 0 Å². The van der Waals surface area contributed by atoms with E-state index in [1.807, 2.05) is 31.2 Å². The number of rotatable bonds is 4. The second-order valence-electron chi connectivity index (χ2n) is 7.31. The maximum atomic E-state index is 12.7. The Hall–Kier alpha value is -2.04. The number of para-hydroxylation sites is 1. The van der Waals surface area contributed by atoms with E-state index in [2.05, 4.69) is 10.6 Å². The minimum Gasteiger partial charge on any atom is -0.354 e. The summed E-state index contributed by atoms with van der Waals surface area (Å²) in [6, 6.07) is 7.57. The van der Waals surface area contributed by atoms with Crippen molar-refractivity contribution in [3.63, 3.8) is 0 Å². The Bertz CT molecular complexity index is 647. The van der Waals surface area contributed by atoms with Crippen LogP contribution in [0.25, 0.3) is 0 Å². The fourth-order valence-electron chi connectivity index (χ4n) is 3.88. The number of anilines is 1. The van der Waals surface area contributed by atoms with Gasteiger partial charge in [-0.15, -0.1) is 0 Å². The van der Waals surface area contributed by atoms with Gasteiger partial charge >= 0.3 is 6.03 Å². The number of nitrogens with zero attached hydrogens (tertiary/aromatic N) is 1. The summed E-state index contributed by atoms with van der Waals surface area (Å²) in [5, 5.41) is 6.04. The molecule has 5 rings (SSSR count). The average Bonchev–Trinajstić information content (AvgIpc) is 3.14. The molecule has 1 aromatic carbocycles. The third kappa shape index (κ3) is 2.48. The number of urea groups is 1. The smallest absolute Gasteiger partial charge is 0.322 e. The second-order valence-corrected chi connectivity index (χ2v) is 7.31. The second kappa shape index (κ2) is 5.25. The summed E-state index contributed by atoms with van der Waals surface area (Å²) in [4.78, 5) is 27.1. The van der Waals surface area contributed by atoms with Crippen molar-refractivity contribution in [1.82, 2.24) is 10.2 Å². The Morgan fingerprint density at radius 3 is 2.70 bits per heavy atom. The first kappa shape index (κ1) is 14.5. The van der Waals surface area contributed by atoms with E-state index in [-0.39, 0.29) is 11.9 Å². The van der Waals surface area contributed by atoms with Gasteiger partial charge in [0.25, 0.3) is 0 Å². The molecule has 1 aromatic rings. The zero-order chi connectivity index (χ0) is 16.0. The van der Waals surface area contributed by atoms with Crippen LogP contribution >= 0.6 is 0 Å². The molecule has 2 saturated heterocycles. The molecule has 4 aliphatic rings. The van der Waals surface area contributed by atoms with Gasteiger partial charge in [-0.25, -0.2) is 4.79 Å². The number of carbonyl (C=O) groups excluding carboxylic acids is 2. The maximum Gasteiger partial charge on any atom is 0.322 e. The molecule has 3 amide bonds. The van der Waals surface area contributed by atoms with Gasteiger partial charge in [0.1, 0.15) is 5.54 Å². The zero-order valence-corrected chi connectivity index (χ0v) is 13.5. The Morgan fingerprint density at radius 1 is 1.26 bits per heavy atom. The summed E-state index contributed by atoms with van der Waals surface area (Å²) >= 11 is 0. The number of fused-ring (bicyclic) bond motifs is 1. The van der Waals surface area contributed by atoms with Crippen LogP contribution in [0.5, 0.6) is 0 Å². The molecule has 2 aliphatic heterocycles. The summed E-state index contributed by atoms with van der Waals surface area (Å²) in [6.07, 6.45) is 4.05. The number of hydrogen-bond acceptors (Lipinski definition) is 2. The van der Waals surface area contributed by atoms with Gasteiger partial charge in [0, 0.05) is 18.8 Å².